The average Bonchev–Trinajstić information content (AvgIpc) is 3.36. The molecule has 28 heavy (non-hydrogen) atoms. The maximum absolute atomic E-state index is 12.4. The van der Waals surface area contributed by atoms with E-state index in [-0.39, 0.29) is 19.4 Å². The van der Waals surface area contributed by atoms with Crippen LogP contribution in [-0.4, -0.2) is 35.6 Å². The second-order valence-electron chi connectivity index (χ2n) is 6.22. The van der Waals surface area contributed by atoms with E-state index in [2.05, 4.69) is 15.5 Å². The van der Waals surface area contributed by atoms with Crippen LogP contribution in [0.1, 0.15) is 11.5 Å². The zero-order chi connectivity index (χ0) is 18.9. The van der Waals surface area contributed by atoms with Gasteiger partial charge in [0.15, 0.2) is 23.0 Å². The largest absolute Gasteiger partial charge is 0.485 e. The number of carbonyl (C=O) groups excluding carboxylic acids is 1. The minimum absolute atomic E-state index is 0.00296. The molecule has 0 radical (unpaired) electrons. The minimum Gasteiger partial charge on any atom is -0.485 e. The molecule has 5 rings (SSSR count). The third kappa shape index (κ3) is 3.18. The number of para-hydroxylation sites is 2. The van der Waals surface area contributed by atoms with Crippen molar-refractivity contribution in [2.75, 3.05) is 18.7 Å². The molecule has 0 fully saturated rings. The van der Waals surface area contributed by atoms with Crippen LogP contribution >= 0.6 is 0 Å². The smallest absolute Gasteiger partial charge is 0.322 e. The number of carbonyl (C=O) groups is 1. The predicted molar refractivity (Wildman–Crippen MR) is 94.7 cm³/mol. The zero-order valence-corrected chi connectivity index (χ0v) is 14.6. The molecule has 142 valence electrons. The maximum atomic E-state index is 12.4. The van der Waals surface area contributed by atoms with Gasteiger partial charge in [-0.3, -0.25) is 10.1 Å². The number of benzene rings is 2. The number of nitrogens with one attached hydrogen (secondary N) is 1. The summed E-state index contributed by atoms with van der Waals surface area (Å²) >= 11 is 0. The van der Waals surface area contributed by atoms with Gasteiger partial charge in [0.1, 0.15) is 6.61 Å². The van der Waals surface area contributed by atoms with E-state index in [1.807, 2.05) is 30.3 Å². The molecule has 9 nitrogen and oxygen atoms in total. The Bertz CT molecular complexity index is 1030. The van der Waals surface area contributed by atoms with E-state index in [1.165, 1.54) is 0 Å². The van der Waals surface area contributed by atoms with Crippen LogP contribution in [0.5, 0.6) is 23.0 Å². The molecule has 2 aliphatic rings. The van der Waals surface area contributed by atoms with Gasteiger partial charge in [0.25, 0.3) is 5.91 Å². The van der Waals surface area contributed by atoms with Crippen LogP contribution in [0.4, 0.5) is 6.01 Å². The first kappa shape index (κ1) is 16.4. The van der Waals surface area contributed by atoms with Crippen molar-refractivity contribution < 1.29 is 28.2 Å². The average molecular weight is 381 g/mol. The van der Waals surface area contributed by atoms with Crippen LogP contribution in [0.25, 0.3) is 0 Å². The molecule has 9 heteroatoms. The number of hydrogen-bond donors (Lipinski definition) is 1. The van der Waals surface area contributed by atoms with Crippen molar-refractivity contribution >= 4 is 11.9 Å². The fraction of sp³-hybridized carbons (Fsp3) is 0.211. The van der Waals surface area contributed by atoms with E-state index in [9.17, 15) is 4.79 Å². The molecule has 3 heterocycles. The normalized spacial score (nSPS) is 16.6. The van der Waals surface area contributed by atoms with Gasteiger partial charge in [0, 0.05) is 0 Å². The van der Waals surface area contributed by atoms with Gasteiger partial charge in [-0.1, -0.05) is 23.3 Å². The molecule has 1 N–H and O–H groups in total. The fourth-order valence-corrected chi connectivity index (χ4v) is 2.94. The van der Waals surface area contributed by atoms with Gasteiger partial charge in [-0.15, -0.1) is 5.10 Å². The topological polar surface area (TPSA) is 105 Å². The van der Waals surface area contributed by atoms with Gasteiger partial charge in [0.05, 0.1) is 6.42 Å². The van der Waals surface area contributed by atoms with E-state index in [0.717, 1.165) is 5.56 Å². The Hall–Kier alpha value is -3.75. The van der Waals surface area contributed by atoms with Crippen molar-refractivity contribution in [1.82, 2.24) is 10.2 Å². The summed E-state index contributed by atoms with van der Waals surface area (Å²) in [5, 5.41) is 10.4. The molecule has 1 amide bonds. The Balaban J connectivity index is 1.22. The number of rotatable bonds is 4. The molecule has 1 atom stereocenters. The predicted octanol–water partition coefficient (Wildman–Crippen LogP) is 2.17. The van der Waals surface area contributed by atoms with E-state index < -0.39 is 12.0 Å². The highest BCUT2D eigenvalue weighted by Crippen LogP contribution is 2.33. The Kier molecular flexibility index (Phi) is 3.97. The van der Waals surface area contributed by atoms with Crippen LogP contribution < -0.4 is 24.3 Å². The molecule has 1 unspecified atom stereocenters. The van der Waals surface area contributed by atoms with Crippen molar-refractivity contribution in [2.45, 2.75) is 12.5 Å². The van der Waals surface area contributed by atoms with Crippen LogP contribution in [0.3, 0.4) is 0 Å². The summed E-state index contributed by atoms with van der Waals surface area (Å²) in [6, 6.07) is 12.7. The lowest BCUT2D eigenvalue weighted by Crippen LogP contribution is -2.40. The molecular formula is C19H15N3O6. The van der Waals surface area contributed by atoms with Crippen molar-refractivity contribution in [2.24, 2.45) is 0 Å². The summed E-state index contributed by atoms with van der Waals surface area (Å²) < 4.78 is 27.4. The van der Waals surface area contributed by atoms with Crippen LogP contribution in [0.2, 0.25) is 0 Å². The third-order valence-electron chi connectivity index (χ3n) is 4.29. The number of nitrogens with zero attached hydrogens (tertiary/aromatic N) is 2. The molecule has 0 saturated heterocycles. The highest BCUT2D eigenvalue weighted by Gasteiger charge is 2.28. The van der Waals surface area contributed by atoms with Crippen molar-refractivity contribution in [3.8, 4) is 23.0 Å². The number of anilines is 1. The summed E-state index contributed by atoms with van der Waals surface area (Å²) in [6.45, 7) is 0.313. The third-order valence-corrected chi connectivity index (χ3v) is 4.29. The van der Waals surface area contributed by atoms with Gasteiger partial charge in [-0.05, 0) is 29.8 Å². The van der Waals surface area contributed by atoms with E-state index in [1.54, 1.807) is 12.1 Å². The van der Waals surface area contributed by atoms with Crippen LogP contribution in [0.15, 0.2) is 46.9 Å². The molecule has 2 aliphatic heterocycles. The number of hydrogen-bond acceptors (Lipinski definition) is 8. The molecular weight excluding hydrogens is 366 g/mol. The van der Waals surface area contributed by atoms with E-state index >= 15 is 0 Å². The van der Waals surface area contributed by atoms with Crippen LogP contribution in [0, 0.1) is 0 Å². The Labute approximate surface area is 159 Å². The molecule has 0 spiro atoms. The lowest BCUT2D eigenvalue weighted by atomic mass is 10.1. The van der Waals surface area contributed by atoms with E-state index in [0.29, 0.717) is 35.3 Å². The minimum atomic E-state index is -0.806. The summed E-state index contributed by atoms with van der Waals surface area (Å²) in [4.78, 5) is 12.4. The zero-order valence-electron chi connectivity index (χ0n) is 14.6. The summed E-state index contributed by atoms with van der Waals surface area (Å²) in [6.07, 6.45) is -0.408. The molecule has 0 bridgehead atoms. The maximum Gasteiger partial charge on any atom is 0.322 e. The van der Waals surface area contributed by atoms with Gasteiger partial charge >= 0.3 is 6.01 Å². The lowest BCUT2D eigenvalue weighted by molar-refractivity contribution is -0.125. The number of fused-ring (bicyclic) bond motifs is 2. The lowest BCUT2D eigenvalue weighted by Gasteiger charge is -2.24. The standard InChI is InChI=1S/C19H15N3O6/c23-18(16-9-24-12-3-1-2-4-14(12)27-16)20-19-22-21-17(28-19)8-11-5-6-13-15(7-11)26-10-25-13/h1-7,16H,8-10H2,(H,20,22,23). The van der Waals surface area contributed by atoms with Gasteiger partial charge < -0.3 is 23.4 Å². The van der Waals surface area contributed by atoms with Gasteiger partial charge in [-0.2, -0.15) is 0 Å². The number of ether oxygens (including phenoxy) is 4. The second kappa shape index (κ2) is 6.76. The monoisotopic (exact) mass is 381 g/mol. The molecule has 0 saturated carbocycles. The highest BCUT2D eigenvalue weighted by atomic mass is 16.7. The first-order chi connectivity index (χ1) is 13.7. The summed E-state index contributed by atoms with van der Waals surface area (Å²) in [5.41, 5.74) is 0.923. The molecule has 1 aromatic heterocycles. The van der Waals surface area contributed by atoms with Crippen molar-refractivity contribution in [3.05, 3.63) is 53.9 Å². The van der Waals surface area contributed by atoms with E-state index in [4.69, 9.17) is 23.4 Å². The molecule has 2 aromatic carbocycles. The SMILES string of the molecule is O=C(Nc1nnc(Cc2ccc3c(c2)OCO3)o1)C1COc2ccccc2O1. The second-order valence-corrected chi connectivity index (χ2v) is 6.22. The quantitative estimate of drug-likeness (QED) is 0.733. The van der Waals surface area contributed by atoms with Gasteiger partial charge in [0.2, 0.25) is 18.8 Å². The summed E-state index contributed by atoms with van der Waals surface area (Å²) in [7, 11) is 0. The Morgan fingerprint density at radius 1 is 1.00 bits per heavy atom. The number of aromatic nitrogens is 2. The first-order valence-electron chi connectivity index (χ1n) is 8.65. The molecule has 3 aromatic rings. The Morgan fingerprint density at radius 3 is 2.75 bits per heavy atom. The summed E-state index contributed by atoms with van der Waals surface area (Å²) in [5.74, 6) is 2.45. The fourth-order valence-electron chi connectivity index (χ4n) is 2.94. The molecule has 0 aliphatic carbocycles. The van der Waals surface area contributed by atoms with Crippen LogP contribution in [-0.2, 0) is 11.2 Å². The first-order valence-corrected chi connectivity index (χ1v) is 8.65. The van der Waals surface area contributed by atoms with Crippen molar-refractivity contribution in [1.29, 1.82) is 0 Å². The van der Waals surface area contributed by atoms with Crippen molar-refractivity contribution in [3.63, 3.8) is 0 Å². The number of amides is 1. The van der Waals surface area contributed by atoms with Gasteiger partial charge in [-0.25, -0.2) is 0 Å². The Morgan fingerprint density at radius 2 is 1.82 bits per heavy atom. The highest BCUT2D eigenvalue weighted by molar-refractivity contribution is 5.92.